The lowest BCUT2D eigenvalue weighted by Crippen LogP contribution is -2.31. The summed E-state index contributed by atoms with van der Waals surface area (Å²) in [4.78, 5) is 17.7. The monoisotopic (exact) mass is 222 g/mol. The van der Waals surface area contributed by atoms with E-state index in [2.05, 4.69) is 4.99 Å². The van der Waals surface area contributed by atoms with Crippen molar-refractivity contribution in [1.29, 1.82) is 0 Å². The van der Waals surface area contributed by atoms with Crippen LogP contribution in [-0.4, -0.2) is 29.5 Å². The van der Waals surface area contributed by atoms with E-state index < -0.39 is 0 Å². The van der Waals surface area contributed by atoms with E-state index in [0.29, 0.717) is 18.1 Å². The van der Waals surface area contributed by atoms with Gasteiger partial charge in [0.05, 0.1) is 6.54 Å². The van der Waals surface area contributed by atoms with Crippen LogP contribution in [0.4, 0.5) is 0 Å². The number of hydrogen-bond donors (Lipinski definition) is 1. The average Bonchev–Trinajstić information content (AvgIpc) is 2.24. The Kier molecular flexibility index (Phi) is 3.71. The highest BCUT2D eigenvalue weighted by Crippen LogP contribution is 1.98. The van der Waals surface area contributed by atoms with Crippen molar-refractivity contribution in [2.45, 2.75) is 13.5 Å². The van der Waals surface area contributed by atoms with Crippen LogP contribution in [0.2, 0.25) is 0 Å². The first-order valence-electron chi connectivity index (χ1n) is 5.06. The fourth-order valence-corrected chi connectivity index (χ4v) is 1.21. The molecule has 0 aliphatic rings. The van der Waals surface area contributed by atoms with Crippen LogP contribution in [0.5, 0.6) is 0 Å². The number of pyridine rings is 1. The van der Waals surface area contributed by atoms with Crippen LogP contribution in [0.15, 0.2) is 21.9 Å². The summed E-state index contributed by atoms with van der Waals surface area (Å²) < 4.78 is 1.61. The van der Waals surface area contributed by atoms with Gasteiger partial charge >= 0.3 is 0 Å². The highest BCUT2D eigenvalue weighted by Gasteiger charge is 2.03. The van der Waals surface area contributed by atoms with Gasteiger partial charge in [0.25, 0.3) is 5.56 Å². The van der Waals surface area contributed by atoms with Crippen molar-refractivity contribution in [3.05, 3.63) is 33.7 Å². The van der Waals surface area contributed by atoms with Crippen molar-refractivity contribution in [2.75, 3.05) is 14.1 Å². The molecule has 0 fully saturated rings. The van der Waals surface area contributed by atoms with Crippen LogP contribution < -0.4 is 11.3 Å². The molecule has 5 nitrogen and oxygen atoms in total. The number of nitrogens with zero attached hydrogens (tertiary/aromatic N) is 3. The zero-order valence-corrected chi connectivity index (χ0v) is 10.2. The van der Waals surface area contributed by atoms with Gasteiger partial charge in [-0.3, -0.25) is 4.79 Å². The molecule has 0 amide bonds. The summed E-state index contributed by atoms with van der Waals surface area (Å²) in [6.45, 7) is 2.21. The molecule has 0 bridgehead atoms. The van der Waals surface area contributed by atoms with Crippen molar-refractivity contribution < 1.29 is 0 Å². The van der Waals surface area contributed by atoms with E-state index in [1.165, 1.54) is 0 Å². The van der Waals surface area contributed by atoms with E-state index >= 15 is 0 Å². The average molecular weight is 222 g/mol. The number of aromatic nitrogens is 1. The van der Waals surface area contributed by atoms with Gasteiger partial charge in [0.2, 0.25) is 0 Å². The second kappa shape index (κ2) is 4.83. The first-order chi connectivity index (χ1) is 7.43. The van der Waals surface area contributed by atoms with Gasteiger partial charge < -0.3 is 15.2 Å². The molecule has 88 valence electrons. The molecule has 16 heavy (non-hydrogen) atoms. The van der Waals surface area contributed by atoms with Gasteiger partial charge in [-0.05, 0) is 19.1 Å². The lowest BCUT2D eigenvalue weighted by Gasteiger charge is -2.10. The number of nitrogens with two attached hydrogens (primary N) is 1. The Morgan fingerprint density at radius 3 is 2.69 bits per heavy atom. The first kappa shape index (κ1) is 12.3. The van der Waals surface area contributed by atoms with Gasteiger partial charge in [-0.25, -0.2) is 4.99 Å². The normalized spacial score (nSPS) is 11.6. The van der Waals surface area contributed by atoms with Crippen LogP contribution in [0.3, 0.4) is 0 Å². The van der Waals surface area contributed by atoms with Gasteiger partial charge in [-0.15, -0.1) is 0 Å². The standard InChI is InChI=1S/C11H18N4O/c1-8-5-6-9(10(16)15(8)4)7-13-11(12)14(2)3/h5-6H,7H2,1-4H3,(H2,12,13). The number of hydrogen-bond acceptors (Lipinski definition) is 2. The van der Waals surface area contributed by atoms with Crippen molar-refractivity contribution >= 4 is 5.96 Å². The molecular weight excluding hydrogens is 204 g/mol. The summed E-state index contributed by atoms with van der Waals surface area (Å²) >= 11 is 0. The molecule has 0 unspecified atom stereocenters. The maximum absolute atomic E-state index is 11.8. The predicted molar refractivity (Wildman–Crippen MR) is 65.4 cm³/mol. The summed E-state index contributed by atoms with van der Waals surface area (Å²) in [5.41, 5.74) is 7.21. The van der Waals surface area contributed by atoms with E-state index in [0.717, 1.165) is 5.69 Å². The first-order valence-corrected chi connectivity index (χ1v) is 5.06. The Morgan fingerprint density at radius 2 is 2.12 bits per heavy atom. The maximum atomic E-state index is 11.8. The lowest BCUT2D eigenvalue weighted by molar-refractivity contribution is 0.608. The third-order valence-corrected chi connectivity index (χ3v) is 2.50. The second-order valence-electron chi connectivity index (χ2n) is 3.93. The summed E-state index contributed by atoms with van der Waals surface area (Å²) in [6, 6.07) is 3.70. The van der Waals surface area contributed by atoms with Crippen LogP contribution in [0.1, 0.15) is 11.3 Å². The number of guanidine groups is 1. The number of rotatable bonds is 2. The van der Waals surface area contributed by atoms with Crippen molar-refractivity contribution in [3.8, 4) is 0 Å². The Hall–Kier alpha value is -1.78. The molecule has 0 spiro atoms. The van der Waals surface area contributed by atoms with E-state index in [-0.39, 0.29) is 5.56 Å². The molecule has 0 atom stereocenters. The van der Waals surface area contributed by atoms with Gasteiger partial charge in [-0.1, -0.05) is 0 Å². The minimum atomic E-state index is -0.0182. The van der Waals surface area contributed by atoms with Crippen molar-refractivity contribution in [1.82, 2.24) is 9.47 Å². The fraction of sp³-hybridized carbons (Fsp3) is 0.455. The molecule has 0 radical (unpaired) electrons. The minimum absolute atomic E-state index is 0.0182. The molecule has 0 aromatic carbocycles. The van der Waals surface area contributed by atoms with Gasteiger partial charge in [0.1, 0.15) is 0 Å². The molecule has 1 rings (SSSR count). The SMILES string of the molecule is Cc1ccc(CN=C(N)N(C)C)c(=O)n1C. The smallest absolute Gasteiger partial charge is 0.255 e. The molecular formula is C11H18N4O. The van der Waals surface area contributed by atoms with Crippen molar-refractivity contribution in [3.63, 3.8) is 0 Å². The highest BCUT2D eigenvalue weighted by molar-refractivity contribution is 5.77. The van der Waals surface area contributed by atoms with Crippen LogP contribution in [-0.2, 0) is 13.6 Å². The third kappa shape index (κ3) is 2.62. The molecule has 1 heterocycles. The van der Waals surface area contributed by atoms with Gasteiger partial charge in [0.15, 0.2) is 5.96 Å². The fourth-order valence-electron chi connectivity index (χ4n) is 1.21. The Balaban J connectivity index is 2.96. The van der Waals surface area contributed by atoms with Crippen LogP contribution in [0.25, 0.3) is 0 Å². The van der Waals surface area contributed by atoms with E-state index in [9.17, 15) is 4.79 Å². The highest BCUT2D eigenvalue weighted by atomic mass is 16.1. The summed E-state index contributed by atoms with van der Waals surface area (Å²) in [7, 11) is 5.37. The van der Waals surface area contributed by atoms with E-state index in [1.54, 1.807) is 22.6 Å². The Morgan fingerprint density at radius 1 is 1.50 bits per heavy atom. The summed E-state index contributed by atoms with van der Waals surface area (Å²) in [5, 5.41) is 0. The molecule has 0 aliphatic heterocycles. The van der Waals surface area contributed by atoms with Crippen molar-refractivity contribution in [2.24, 2.45) is 17.8 Å². The van der Waals surface area contributed by atoms with Gasteiger partial charge in [0, 0.05) is 32.4 Å². The third-order valence-electron chi connectivity index (χ3n) is 2.50. The lowest BCUT2D eigenvalue weighted by atomic mass is 10.2. The Bertz CT molecular complexity index is 460. The number of aliphatic imine (C=N–C) groups is 1. The van der Waals surface area contributed by atoms with E-state index in [1.807, 2.05) is 27.1 Å². The topological polar surface area (TPSA) is 63.6 Å². The maximum Gasteiger partial charge on any atom is 0.255 e. The van der Waals surface area contributed by atoms with Crippen LogP contribution in [0, 0.1) is 6.92 Å². The summed E-state index contributed by atoms with van der Waals surface area (Å²) in [5.74, 6) is 0.419. The molecule has 5 heteroatoms. The summed E-state index contributed by atoms with van der Waals surface area (Å²) in [6.07, 6.45) is 0. The van der Waals surface area contributed by atoms with E-state index in [4.69, 9.17) is 5.73 Å². The molecule has 0 saturated carbocycles. The van der Waals surface area contributed by atoms with Crippen LogP contribution >= 0.6 is 0 Å². The second-order valence-corrected chi connectivity index (χ2v) is 3.93. The quantitative estimate of drug-likeness (QED) is 0.569. The minimum Gasteiger partial charge on any atom is -0.370 e. The molecule has 0 aliphatic carbocycles. The number of aryl methyl sites for hydroxylation is 1. The molecule has 1 aromatic heterocycles. The van der Waals surface area contributed by atoms with Gasteiger partial charge in [-0.2, -0.15) is 0 Å². The Labute approximate surface area is 95.2 Å². The molecule has 0 saturated heterocycles. The zero-order valence-electron chi connectivity index (χ0n) is 10.2. The molecule has 2 N–H and O–H groups in total. The largest absolute Gasteiger partial charge is 0.370 e. The predicted octanol–water partition coefficient (Wildman–Crippen LogP) is 0.0700. The zero-order chi connectivity index (χ0) is 12.3. The molecule has 1 aromatic rings.